The molecule has 6 heteroatoms. The maximum absolute atomic E-state index is 10.3. The standard InChI is InChI=1S/C17H16O6/c1-20-12-6-4-8-10-7-22-16-9(3-5-11(18)17(16)21-2)14(10)23-15(8)13(12)19/h3-6,10,14,18-19H,7H2,1-2H3. The van der Waals surface area contributed by atoms with Gasteiger partial charge >= 0.3 is 0 Å². The molecule has 0 aromatic heterocycles. The van der Waals surface area contributed by atoms with Crippen LogP contribution in [0.1, 0.15) is 23.1 Å². The lowest BCUT2D eigenvalue weighted by atomic mass is 9.89. The van der Waals surface area contributed by atoms with Crippen LogP contribution in [0.5, 0.6) is 34.5 Å². The maximum atomic E-state index is 10.3. The molecular weight excluding hydrogens is 300 g/mol. The van der Waals surface area contributed by atoms with Crippen molar-refractivity contribution in [2.75, 3.05) is 20.8 Å². The molecule has 0 radical (unpaired) electrons. The number of hydrogen-bond donors (Lipinski definition) is 2. The Morgan fingerprint density at radius 2 is 1.78 bits per heavy atom. The molecule has 4 rings (SSSR count). The van der Waals surface area contributed by atoms with Crippen molar-refractivity contribution in [3.8, 4) is 34.5 Å². The lowest BCUT2D eigenvalue weighted by Crippen LogP contribution is -2.23. The fourth-order valence-corrected chi connectivity index (χ4v) is 3.29. The summed E-state index contributed by atoms with van der Waals surface area (Å²) in [4.78, 5) is 0. The van der Waals surface area contributed by atoms with Crippen molar-refractivity contribution in [3.05, 3.63) is 35.4 Å². The van der Waals surface area contributed by atoms with Gasteiger partial charge < -0.3 is 29.2 Å². The molecule has 2 atom stereocenters. The number of phenolic OH excluding ortho intramolecular Hbond substituents is 2. The van der Waals surface area contributed by atoms with E-state index in [1.807, 2.05) is 6.07 Å². The van der Waals surface area contributed by atoms with E-state index in [-0.39, 0.29) is 23.5 Å². The highest BCUT2D eigenvalue weighted by Crippen LogP contribution is 2.57. The van der Waals surface area contributed by atoms with Gasteiger partial charge in [0.1, 0.15) is 6.10 Å². The first-order valence-corrected chi connectivity index (χ1v) is 7.24. The Balaban J connectivity index is 1.82. The molecule has 0 aliphatic carbocycles. The van der Waals surface area contributed by atoms with E-state index in [1.165, 1.54) is 14.2 Å². The molecule has 2 aliphatic heterocycles. The van der Waals surface area contributed by atoms with Crippen molar-refractivity contribution in [3.63, 3.8) is 0 Å². The number of ether oxygens (including phenoxy) is 4. The van der Waals surface area contributed by atoms with Crippen LogP contribution in [0.2, 0.25) is 0 Å². The lowest BCUT2D eigenvalue weighted by molar-refractivity contribution is 0.133. The number of benzene rings is 2. The van der Waals surface area contributed by atoms with Crippen LogP contribution in [-0.2, 0) is 0 Å². The minimum atomic E-state index is -0.304. The Kier molecular flexibility index (Phi) is 2.94. The number of rotatable bonds is 2. The molecule has 0 saturated heterocycles. The second-order valence-electron chi connectivity index (χ2n) is 5.53. The molecule has 0 spiro atoms. The summed E-state index contributed by atoms with van der Waals surface area (Å²) >= 11 is 0. The van der Waals surface area contributed by atoms with Crippen molar-refractivity contribution in [2.45, 2.75) is 12.0 Å². The van der Waals surface area contributed by atoms with Gasteiger partial charge in [-0.2, -0.15) is 0 Å². The van der Waals surface area contributed by atoms with Crippen LogP contribution in [0.25, 0.3) is 0 Å². The smallest absolute Gasteiger partial charge is 0.203 e. The summed E-state index contributed by atoms with van der Waals surface area (Å²) in [5.74, 6) is 1.53. The lowest BCUT2D eigenvalue weighted by Gasteiger charge is -2.29. The number of phenols is 2. The Labute approximate surface area is 132 Å². The van der Waals surface area contributed by atoms with Crippen LogP contribution in [0.4, 0.5) is 0 Å². The summed E-state index contributed by atoms with van der Waals surface area (Å²) < 4.78 is 22.2. The summed E-state index contributed by atoms with van der Waals surface area (Å²) in [7, 11) is 2.97. The van der Waals surface area contributed by atoms with Gasteiger partial charge in [-0.15, -0.1) is 0 Å². The Hall–Kier alpha value is -2.76. The molecule has 2 heterocycles. The monoisotopic (exact) mass is 316 g/mol. The highest BCUT2D eigenvalue weighted by molar-refractivity contribution is 5.62. The van der Waals surface area contributed by atoms with Crippen LogP contribution in [0.3, 0.4) is 0 Å². The van der Waals surface area contributed by atoms with Crippen molar-refractivity contribution in [1.82, 2.24) is 0 Å². The van der Waals surface area contributed by atoms with E-state index in [9.17, 15) is 10.2 Å². The maximum Gasteiger partial charge on any atom is 0.203 e. The van der Waals surface area contributed by atoms with Crippen LogP contribution >= 0.6 is 0 Å². The Morgan fingerprint density at radius 3 is 2.52 bits per heavy atom. The summed E-state index contributed by atoms with van der Waals surface area (Å²) in [6, 6.07) is 6.90. The van der Waals surface area contributed by atoms with Gasteiger partial charge in [0.15, 0.2) is 23.0 Å². The zero-order valence-corrected chi connectivity index (χ0v) is 12.7. The van der Waals surface area contributed by atoms with Crippen LogP contribution < -0.4 is 18.9 Å². The van der Waals surface area contributed by atoms with Gasteiger partial charge in [-0.1, -0.05) is 6.07 Å². The average Bonchev–Trinajstić information content (AvgIpc) is 2.95. The molecule has 2 aliphatic rings. The Morgan fingerprint density at radius 1 is 1.00 bits per heavy atom. The first-order valence-electron chi connectivity index (χ1n) is 7.24. The summed E-state index contributed by atoms with van der Waals surface area (Å²) in [6.07, 6.45) is -0.304. The second-order valence-corrected chi connectivity index (χ2v) is 5.53. The number of hydrogen-bond acceptors (Lipinski definition) is 6. The third-order valence-electron chi connectivity index (χ3n) is 4.39. The quantitative estimate of drug-likeness (QED) is 0.887. The normalized spacial score (nSPS) is 20.6. The molecule has 0 amide bonds. The van der Waals surface area contributed by atoms with Crippen molar-refractivity contribution in [2.24, 2.45) is 0 Å². The first kappa shape index (κ1) is 13.9. The molecule has 2 aromatic rings. The van der Waals surface area contributed by atoms with Gasteiger partial charge in [-0.3, -0.25) is 0 Å². The summed E-state index contributed by atoms with van der Waals surface area (Å²) in [5, 5.41) is 20.2. The van der Waals surface area contributed by atoms with Crippen molar-refractivity contribution < 1.29 is 29.2 Å². The fraction of sp³-hybridized carbons (Fsp3) is 0.294. The predicted molar refractivity (Wildman–Crippen MR) is 80.9 cm³/mol. The van der Waals surface area contributed by atoms with Gasteiger partial charge in [0, 0.05) is 11.1 Å². The zero-order valence-electron chi connectivity index (χ0n) is 12.7. The van der Waals surface area contributed by atoms with Crippen molar-refractivity contribution >= 4 is 0 Å². The SMILES string of the molecule is COc1ccc2c(c1O)OC1c3ccc(O)c(OC)c3OCC21. The topological polar surface area (TPSA) is 77.4 Å². The second kappa shape index (κ2) is 4.87. The largest absolute Gasteiger partial charge is 0.504 e. The molecule has 0 fully saturated rings. The molecule has 2 aromatic carbocycles. The van der Waals surface area contributed by atoms with Gasteiger partial charge in [0.25, 0.3) is 0 Å². The van der Waals surface area contributed by atoms with Gasteiger partial charge in [0.05, 0.1) is 26.7 Å². The average molecular weight is 316 g/mol. The fourth-order valence-electron chi connectivity index (χ4n) is 3.29. The molecule has 120 valence electrons. The number of aromatic hydroxyl groups is 2. The van der Waals surface area contributed by atoms with Crippen molar-refractivity contribution in [1.29, 1.82) is 0 Å². The van der Waals surface area contributed by atoms with Crippen LogP contribution in [-0.4, -0.2) is 31.0 Å². The van der Waals surface area contributed by atoms with E-state index in [1.54, 1.807) is 18.2 Å². The van der Waals surface area contributed by atoms with E-state index in [0.717, 1.165) is 11.1 Å². The first-order chi connectivity index (χ1) is 11.2. The third-order valence-corrected chi connectivity index (χ3v) is 4.39. The van der Waals surface area contributed by atoms with Gasteiger partial charge in [0.2, 0.25) is 11.5 Å². The van der Waals surface area contributed by atoms with Gasteiger partial charge in [-0.25, -0.2) is 0 Å². The highest BCUT2D eigenvalue weighted by atomic mass is 16.5. The minimum absolute atomic E-state index is 0.00769. The molecule has 6 nitrogen and oxygen atoms in total. The number of fused-ring (bicyclic) bond motifs is 5. The summed E-state index contributed by atoms with van der Waals surface area (Å²) in [5.41, 5.74) is 1.66. The van der Waals surface area contributed by atoms with Crippen LogP contribution in [0.15, 0.2) is 24.3 Å². The molecule has 2 N–H and O–H groups in total. The van der Waals surface area contributed by atoms with Crippen LogP contribution in [0, 0.1) is 0 Å². The highest BCUT2D eigenvalue weighted by Gasteiger charge is 2.43. The van der Waals surface area contributed by atoms with E-state index in [4.69, 9.17) is 18.9 Å². The predicted octanol–water partition coefficient (Wildman–Crippen LogP) is 2.72. The van der Waals surface area contributed by atoms with E-state index in [2.05, 4.69) is 0 Å². The molecule has 2 unspecified atom stereocenters. The third kappa shape index (κ3) is 1.81. The molecule has 0 saturated carbocycles. The zero-order chi connectivity index (χ0) is 16.1. The number of methoxy groups -OCH3 is 2. The molecule has 0 bridgehead atoms. The molecule has 23 heavy (non-hydrogen) atoms. The van der Waals surface area contributed by atoms with E-state index < -0.39 is 0 Å². The molecular formula is C17H16O6. The Bertz CT molecular complexity index is 785. The van der Waals surface area contributed by atoms with E-state index in [0.29, 0.717) is 29.6 Å². The minimum Gasteiger partial charge on any atom is -0.504 e. The van der Waals surface area contributed by atoms with Gasteiger partial charge in [-0.05, 0) is 18.2 Å². The van der Waals surface area contributed by atoms with E-state index >= 15 is 0 Å². The summed E-state index contributed by atoms with van der Waals surface area (Å²) in [6.45, 7) is 0.371.